The summed E-state index contributed by atoms with van der Waals surface area (Å²) in [5.41, 5.74) is 3.37. The number of carbonyl (C=O) groups excluding carboxylic acids is 1. The van der Waals surface area contributed by atoms with Gasteiger partial charge in [0.2, 0.25) is 0 Å². The highest BCUT2D eigenvalue weighted by Crippen LogP contribution is 2.14. The summed E-state index contributed by atoms with van der Waals surface area (Å²) in [7, 11) is 0. The fraction of sp³-hybridized carbons (Fsp3) is 0.250. The van der Waals surface area contributed by atoms with Crippen LogP contribution in [0.1, 0.15) is 46.9 Å². The molecule has 5 heteroatoms. The average molecular weight is 335 g/mol. The largest absolute Gasteiger partial charge is 0.345 e. The number of rotatable bonds is 4. The summed E-state index contributed by atoms with van der Waals surface area (Å²) in [4.78, 5) is 29.3. The van der Waals surface area contributed by atoms with Gasteiger partial charge in [-0.1, -0.05) is 37.3 Å². The molecule has 0 saturated carbocycles. The molecule has 1 amide bonds. The third-order valence-electron chi connectivity index (χ3n) is 4.33. The molecule has 0 fully saturated rings. The van der Waals surface area contributed by atoms with E-state index >= 15 is 0 Å². The van der Waals surface area contributed by atoms with E-state index in [0.717, 1.165) is 17.5 Å². The molecule has 0 bridgehead atoms. The lowest BCUT2D eigenvalue weighted by molar-refractivity contribution is 0.0938. The number of pyridine rings is 1. The van der Waals surface area contributed by atoms with Crippen molar-refractivity contribution in [3.05, 3.63) is 81.4 Å². The van der Waals surface area contributed by atoms with Crippen LogP contribution in [0.4, 0.5) is 0 Å². The number of amides is 1. The second-order valence-electron chi connectivity index (χ2n) is 6.20. The molecule has 1 atom stereocenters. The van der Waals surface area contributed by atoms with Gasteiger partial charge in [-0.05, 0) is 43.0 Å². The lowest BCUT2D eigenvalue weighted by Crippen LogP contribution is -2.33. The lowest BCUT2D eigenvalue weighted by Gasteiger charge is -2.15. The third kappa shape index (κ3) is 3.45. The summed E-state index contributed by atoms with van der Waals surface area (Å²) in [5, 5.41) is 2.88. The van der Waals surface area contributed by atoms with Crippen molar-refractivity contribution < 1.29 is 4.79 Å². The minimum Gasteiger partial charge on any atom is -0.345 e. The van der Waals surface area contributed by atoms with E-state index in [1.54, 1.807) is 12.3 Å². The second-order valence-corrected chi connectivity index (χ2v) is 6.20. The molecule has 0 spiro atoms. The van der Waals surface area contributed by atoms with Crippen molar-refractivity contribution in [3.63, 3.8) is 0 Å². The number of carbonyl (C=O) groups is 1. The Morgan fingerprint density at radius 1 is 1.20 bits per heavy atom. The Balaban J connectivity index is 1.86. The number of benzene rings is 1. The smallest absolute Gasteiger partial charge is 0.270 e. The van der Waals surface area contributed by atoms with Crippen molar-refractivity contribution in [1.82, 2.24) is 14.7 Å². The third-order valence-corrected chi connectivity index (χ3v) is 4.33. The van der Waals surface area contributed by atoms with Crippen molar-refractivity contribution in [2.75, 3.05) is 0 Å². The van der Waals surface area contributed by atoms with Crippen molar-refractivity contribution in [3.8, 4) is 0 Å². The molecule has 3 aromatic rings. The Kier molecular flexibility index (Phi) is 4.65. The molecule has 0 aliphatic rings. The van der Waals surface area contributed by atoms with Crippen LogP contribution in [-0.2, 0) is 6.42 Å². The molecule has 2 heterocycles. The maximum absolute atomic E-state index is 12.6. The van der Waals surface area contributed by atoms with Crippen LogP contribution in [0.5, 0.6) is 0 Å². The predicted octanol–water partition coefficient (Wildman–Crippen LogP) is 3.06. The molecule has 0 radical (unpaired) electrons. The minimum atomic E-state index is -0.416. The van der Waals surface area contributed by atoms with Crippen LogP contribution in [0.25, 0.3) is 5.65 Å². The number of aromatic nitrogens is 2. The van der Waals surface area contributed by atoms with Crippen LogP contribution in [0, 0.1) is 6.92 Å². The van der Waals surface area contributed by atoms with E-state index in [1.807, 2.05) is 44.2 Å². The Bertz CT molecular complexity index is 974. The Hall–Kier alpha value is -2.95. The molecular formula is C20H21N3O2. The Morgan fingerprint density at radius 3 is 2.60 bits per heavy atom. The number of fused-ring (bicyclic) bond motifs is 1. The molecule has 1 aromatic carbocycles. The van der Waals surface area contributed by atoms with Gasteiger partial charge in [0.25, 0.3) is 11.5 Å². The molecule has 1 N–H and O–H groups in total. The van der Waals surface area contributed by atoms with Gasteiger partial charge in [0.1, 0.15) is 11.2 Å². The van der Waals surface area contributed by atoms with Crippen molar-refractivity contribution in [2.24, 2.45) is 0 Å². The highest BCUT2D eigenvalue weighted by molar-refractivity contribution is 5.94. The molecule has 128 valence electrons. The first-order valence-corrected chi connectivity index (χ1v) is 8.37. The topological polar surface area (TPSA) is 63.5 Å². The first-order chi connectivity index (χ1) is 12.0. The summed E-state index contributed by atoms with van der Waals surface area (Å²) in [6.07, 6.45) is 4.00. The molecule has 5 nitrogen and oxygen atoms in total. The second kappa shape index (κ2) is 6.89. The summed E-state index contributed by atoms with van der Waals surface area (Å²) in [6, 6.07) is 11.5. The fourth-order valence-electron chi connectivity index (χ4n) is 2.74. The van der Waals surface area contributed by atoms with Crippen LogP contribution >= 0.6 is 0 Å². The van der Waals surface area contributed by atoms with Gasteiger partial charge in [0.05, 0.1) is 6.04 Å². The van der Waals surface area contributed by atoms with Gasteiger partial charge < -0.3 is 5.32 Å². The highest BCUT2D eigenvalue weighted by atomic mass is 16.2. The van der Waals surface area contributed by atoms with E-state index < -0.39 is 5.91 Å². The van der Waals surface area contributed by atoms with Crippen LogP contribution in [0.2, 0.25) is 0 Å². The van der Waals surface area contributed by atoms with Gasteiger partial charge in [-0.25, -0.2) is 4.98 Å². The lowest BCUT2D eigenvalue weighted by atomic mass is 10.0. The molecule has 25 heavy (non-hydrogen) atoms. The van der Waals surface area contributed by atoms with Crippen LogP contribution < -0.4 is 10.9 Å². The SMILES string of the molecule is CCc1ccc(C(C)NC(=O)c2cnc3ccc(C)cn3c2=O)cc1. The van der Waals surface area contributed by atoms with Gasteiger partial charge in [-0.15, -0.1) is 0 Å². The molecule has 3 rings (SSSR count). The summed E-state index contributed by atoms with van der Waals surface area (Å²) >= 11 is 0. The number of nitrogens with zero attached hydrogens (tertiary/aromatic N) is 2. The summed E-state index contributed by atoms with van der Waals surface area (Å²) < 4.78 is 1.41. The van der Waals surface area contributed by atoms with Crippen LogP contribution in [-0.4, -0.2) is 15.3 Å². The molecule has 2 aromatic heterocycles. The predicted molar refractivity (Wildman–Crippen MR) is 97.9 cm³/mol. The van der Waals surface area contributed by atoms with Gasteiger partial charge in [-0.2, -0.15) is 0 Å². The van der Waals surface area contributed by atoms with Gasteiger partial charge in [0.15, 0.2) is 0 Å². The van der Waals surface area contributed by atoms with E-state index in [0.29, 0.717) is 5.65 Å². The zero-order valence-corrected chi connectivity index (χ0v) is 14.6. The van der Waals surface area contributed by atoms with Crippen LogP contribution in [0.15, 0.2) is 53.6 Å². The van der Waals surface area contributed by atoms with Crippen molar-refractivity contribution >= 4 is 11.6 Å². The highest BCUT2D eigenvalue weighted by Gasteiger charge is 2.16. The number of nitrogens with one attached hydrogen (secondary N) is 1. The summed E-state index contributed by atoms with van der Waals surface area (Å²) in [6.45, 7) is 5.89. The van der Waals surface area contributed by atoms with Crippen molar-refractivity contribution in [1.29, 1.82) is 0 Å². The van der Waals surface area contributed by atoms with Crippen molar-refractivity contribution in [2.45, 2.75) is 33.2 Å². The van der Waals surface area contributed by atoms with Gasteiger partial charge in [-0.3, -0.25) is 14.0 Å². The maximum atomic E-state index is 12.6. The standard InChI is InChI=1S/C20H21N3O2/c1-4-15-6-8-16(9-7-15)14(3)22-19(24)17-11-21-18-10-5-13(2)12-23(18)20(17)25/h5-12,14H,4H2,1-3H3,(H,22,24). The zero-order chi connectivity index (χ0) is 18.0. The van der Waals surface area contributed by atoms with Gasteiger partial charge in [0, 0.05) is 12.4 Å². The number of aryl methyl sites for hydroxylation is 2. The molecule has 0 aliphatic heterocycles. The van der Waals surface area contributed by atoms with Crippen LogP contribution in [0.3, 0.4) is 0 Å². The van der Waals surface area contributed by atoms with E-state index in [2.05, 4.69) is 17.2 Å². The minimum absolute atomic E-state index is 0.0418. The molecule has 0 saturated heterocycles. The molecule has 0 aliphatic carbocycles. The van der Waals surface area contributed by atoms with E-state index in [4.69, 9.17) is 0 Å². The first-order valence-electron chi connectivity index (χ1n) is 8.37. The first kappa shape index (κ1) is 16.9. The number of hydrogen-bond donors (Lipinski definition) is 1. The maximum Gasteiger partial charge on any atom is 0.270 e. The zero-order valence-electron chi connectivity index (χ0n) is 14.6. The molecule has 1 unspecified atom stereocenters. The quantitative estimate of drug-likeness (QED) is 0.797. The van der Waals surface area contributed by atoms with E-state index in [9.17, 15) is 9.59 Å². The summed E-state index contributed by atoms with van der Waals surface area (Å²) in [5.74, 6) is -0.416. The number of hydrogen-bond acceptors (Lipinski definition) is 3. The average Bonchev–Trinajstić information content (AvgIpc) is 2.62. The van der Waals surface area contributed by atoms with E-state index in [-0.39, 0.29) is 17.2 Å². The van der Waals surface area contributed by atoms with Gasteiger partial charge >= 0.3 is 0 Å². The Morgan fingerprint density at radius 2 is 1.92 bits per heavy atom. The normalized spacial score (nSPS) is 12.1. The fourth-order valence-corrected chi connectivity index (χ4v) is 2.74. The van der Waals surface area contributed by atoms with E-state index in [1.165, 1.54) is 16.2 Å². The Labute approximate surface area is 146 Å². The monoisotopic (exact) mass is 335 g/mol. The molecular weight excluding hydrogens is 314 g/mol.